The van der Waals surface area contributed by atoms with Gasteiger partial charge in [-0.1, -0.05) is 6.07 Å². The second-order valence-corrected chi connectivity index (χ2v) is 7.90. The first-order chi connectivity index (χ1) is 13.5. The number of imidazole rings is 1. The zero-order valence-electron chi connectivity index (χ0n) is 14.3. The number of hydrogen-bond acceptors (Lipinski definition) is 10. The molecule has 0 aromatic carbocycles. The van der Waals surface area contributed by atoms with Crippen LogP contribution in [0.25, 0.3) is 11.2 Å². The zero-order chi connectivity index (χ0) is 19.7. The van der Waals surface area contributed by atoms with Crippen LogP contribution in [0.5, 0.6) is 0 Å². The summed E-state index contributed by atoms with van der Waals surface area (Å²) >= 11 is -0.878. The third-order valence-corrected chi connectivity index (χ3v) is 5.66. The van der Waals surface area contributed by atoms with E-state index >= 15 is 0 Å². The predicted octanol–water partition coefficient (Wildman–Crippen LogP) is -0.497. The Kier molecular flexibility index (Phi) is 5.63. The number of nitrogens with one attached hydrogen (secondary N) is 2. The van der Waals surface area contributed by atoms with Gasteiger partial charge in [0.1, 0.15) is 24.6 Å². The third kappa shape index (κ3) is 3.77. The summed E-state index contributed by atoms with van der Waals surface area (Å²) in [6, 6.07) is 3.96. The monoisotopic (exact) mass is 425 g/mol. The van der Waals surface area contributed by atoms with Crippen LogP contribution in [0.3, 0.4) is 0 Å². The lowest BCUT2D eigenvalue weighted by molar-refractivity contribution is -0.0330. The van der Waals surface area contributed by atoms with Gasteiger partial charge in [-0.3, -0.25) is 8.78 Å². The molecule has 0 bridgehead atoms. The lowest BCUT2D eigenvalue weighted by Crippen LogP contribution is -2.38. The Morgan fingerprint density at radius 1 is 1.32 bits per heavy atom. The fraction of sp³-hybridized carbons (Fsp3) is 0.400. The number of thiophene rings is 1. The van der Waals surface area contributed by atoms with Crippen molar-refractivity contribution < 1.29 is 23.7 Å². The highest BCUT2D eigenvalue weighted by atomic mass is 32.2. The highest BCUT2D eigenvalue weighted by Gasteiger charge is 2.44. The highest BCUT2D eigenvalue weighted by Crippen LogP contribution is 2.32. The topological polar surface area (TPSA) is 157 Å². The lowest BCUT2D eigenvalue weighted by Gasteiger charge is -2.17. The van der Waals surface area contributed by atoms with Crippen LogP contribution in [0.4, 0.5) is 5.82 Å². The first-order valence-electron chi connectivity index (χ1n) is 8.32. The summed E-state index contributed by atoms with van der Waals surface area (Å²) in [5.41, 5.74) is 0.910. The van der Waals surface area contributed by atoms with Crippen molar-refractivity contribution in [3.63, 3.8) is 0 Å². The summed E-state index contributed by atoms with van der Waals surface area (Å²) in [6.45, 7) is 0.415. The molecule has 150 valence electrons. The molecule has 1 aliphatic heterocycles. The van der Waals surface area contributed by atoms with Gasteiger partial charge in [0.2, 0.25) is 0 Å². The smallest absolute Gasteiger partial charge is 0.167 e. The van der Waals surface area contributed by atoms with Crippen molar-refractivity contribution >= 4 is 39.6 Å². The molecule has 4 heterocycles. The van der Waals surface area contributed by atoms with Crippen LogP contribution in [0.2, 0.25) is 0 Å². The second-order valence-electron chi connectivity index (χ2n) is 6.11. The SMILES string of the molecule is O=S([O-])NC[C@H]1O[C@@H](n2cnc3c(NCc4cccs4)ncnc32)[C@H](O)[C@@H]1O. The molecule has 1 fully saturated rings. The molecule has 1 unspecified atom stereocenters. The number of aliphatic hydroxyl groups is 2. The van der Waals surface area contributed by atoms with E-state index in [0.29, 0.717) is 23.5 Å². The van der Waals surface area contributed by atoms with E-state index in [1.54, 1.807) is 11.3 Å². The molecule has 0 saturated carbocycles. The highest BCUT2D eigenvalue weighted by molar-refractivity contribution is 7.77. The number of hydrogen-bond donors (Lipinski definition) is 4. The van der Waals surface area contributed by atoms with E-state index in [1.165, 1.54) is 17.2 Å². The van der Waals surface area contributed by atoms with E-state index in [2.05, 4.69) is 25.0 Å². The van der Waals surface area contributed by atoms with E-state index in [9.17, 15) is 19.0 Å². The second kappa shape index (κ2) is 8.16. The third-order valence-electron chi connectivity index (χ3n) is 4.38. The molecule has 0 amide bonds. The Labute approximate surface area is 165 Å². The number of nitrogens with zero attached hydrogens (tertiary/aromatic N) is 4. The van der Waals surface area contributed by atoms with Crippen molar-refractivity contribution in [2.75, 3.05) is 11.9 Å². The van der Waals surface area contributed by atoms with Crippen LogP contribution in [0.15, 0.2) is 30.2 Å². The van der Waals surface area contributed by atoms with E-state index in [-0.39, 0.29) is 6.54 Å². The number of rotatable bonds is 7. The average Bonchev–Trinajstić information content (AvgIpc) is 3.40. The van der Waals surface area contributed by atoms with Gasteiger partial charge in [0.05, 0.1) is 12.9 Å². The number of aliphatic hydroxyl groups excluding tert-OH is 2. The van der Waals surface area contributed by atoms with Gasteiger partial charge in [-0.05, 0) is 11.4 Å². The van der Waals surface area contributed by atoms with Crippen LogP contribution in [-0.2, 0) is 22.5 Å². The van der Waals surface area contributed by atoms with Crippen LogP contribution in [-0.4, -0.2) is 63.4 Å². The molecular weight excluding hydrogens is 408 g/mol. The maximum Gasteiger partial charge on any atom is 0.167 e. The lowest BCUT2D eigenvalue weighted by atomic mass is 10.1. The van der Waals surface area contributed by atoms with Gasteiger partial charge in [-0.25, -0.2) is 19.7 Å². The molecule has 0 radical (unpaired) electrons. The predicted molar refractivity (Wildman–Crippen MR) is 99.8 cm³/mol. The summed E-state index contributed by atoms with van der Waals surface area (Å²) in [5.74, 6) is 0.533. The van der Waals surface area contributed by atoms with Crippen LogP contribution >= 0.6 is 11.3 Å². The van der Waals surface area contributed by atoms with E-state index in [4.69, 9.17) is 4.74 Å². The Balaban J connectivity index is 1.56. The normalized spacial score (nSPS) is 26.0. The van der Waals surface area contributed by atoms with Gasteiger partial charge < -0.3 is 24.8 Å². The van der Waals surface area contributed by atoms with Crippen molar-refractivity contribution in [2.24, 2.45) is 0 Å². The minimum absolute atomic E-state index is 0.167. The Morgan fingerprint density at radius 3 is 2.93 bits per heavy atom. The Bertz CT molecular complexity index is 967. The molecule has 11 nitrogen and oxygen atoms in total. The van der Waals surface area contributed by atoms with E-state index in [1.807, 2.05) is 17.5 Å². The molecule has 4 rings (SSSR count). The van der Waals surface area contributed by atoms with Gasteiger partial charge in [0, 0.05) is 22.7 Å². The van der Waals surface area contributed by atoms with Crippen molar-refractivity contribution in [3.8, 4) is 0 Å². The molecule has 3 aromatic heterocycles. The fourth-order valence-electron chi connectivity index (χ4n) is 3.03. The molecule has 3 aromatic rings. The first-order valence-corrected chi connectivity index (χ1v) is 10.3. The largest absolute Gasteiger partial charge is 0.760 e. The van der Waals surface area contributed by atoms with Crippen molar-refractivity contribution in [3.05, 3.63) is 35.0 Å². The molecule has 4 N–H and O–H groups in total. The first kappa shape index (κ1) is 19.3. The zero-order valence-corrected chi connectivity index (χ0v) is 16.0. The van der Waals surface area contributed by atoms with Crippen molar-refractivity contribution in [2.45, 2.75) is 31.1 Å². The van der Waals surface area contributed by atoms with Crippen molar-refractivity contribution in [1.82, 2.24) is 24.2 Å². The maximum atomic E-state index is 10.7. The molecular formula is C15H17N6O5S2-. The standard InChI is InChI=1S/C15H18N6O5S2/c22-11-9(5-20-28(24)25)26-15(12(11)23)21-7-19-10-13(17-6-18-14(10)21)16-4-8-2-1-3-27-8/h1-3,6-7,9,11-12,15,20,22-23H,4-5H2,(H,24,25)(H,16,17,18)/p-1/t9-,11-,12-,15-/m1/s1. The molecule has 1 saturated heterocycles. The fourth-order valence-corrected chi connectivity index (χ4v) is 3.97. The minimum atomic E-state index is -2.50. The Morgan fingerprint density at radius 2 is 2.18 bits per heavy atom. The molecule has 0 aliphatic carbocycles. The van der Waals surface area contributed by atoms with Crippen molar-refractivity contribution in [1.29, 1.82) is 0 Å². The minimum Gasteiger partial charge on any atom is -0.760 e. The van der Waals surface area contributed by atoms with Gasteiger partial charge >= 0.3 is 0 Å². The van der Waals surface area contributed by atoms with Gasteiger partial charge in [-0.15, -0.1) is 11.3 Å². The number of anilines is 1. The van der Waals surface area contributed by atoms with Crippen LogP contribution in [0, 0.1) is 0 Å². The maximum absolute atomic E-state index is 10.7. The number of ether oxygens (including phenoxy) is 1. The van der Waals surface area contributed by atoms with Crippen LogP contribution < -0.4 is 10.0 Å². The molecule has 1 aliphatic rings. The molecule has 5 atom stereocenters. The van der Waals surface area contributed by atoms with E-state index in [0.717, 1.165) is 4.88 Å². The number of fused-ring (bicyclic) bond motifs is 1. The van der Waals surface area contributed by atoms with E-state index < -0.39 is 35.8 Å². The molecule has 13 heteroatoms. The summed E-state index contributed by atoms with van der Waals surface area (Å²) in [7, 11) is 0. The van der Waals surface area contributed by atoms with Gasteiger partial charge in [0.25, 0.3) is 0 Å². The average molecular weight is 425 g/mol. The summed E-state index contributed by atoms with van der Waals surface area (Å²) in [4.78, 5) is 13.9. The molecule has 28 heavy (non-hydrogen) atoms. The van der Waals surface area contributed by atoms with Crippen LogP contribution in [0.1, 0.15) is 11.1 Å². The quantitative estimate of drug-likeness (QED) is 0.366. The van der Waals surface area contributed by atoms with Gasteiger partial charge in [0.15, 0.2) is 23.2 Å². The van der Waals surface area contributed by atoms with Gasteiger partial charge in [-0.2, -0.15) is 0 Å². The number of aromatic nitrogens is 4. The molecule has 0 spiro atoms. The Hall–Kier alpha value is -2.00. The summed E-state index contributed by atoms with van der Waals surface area (Å²) < 4.78 is 30.6. The summed E-state index contributed by atoms with van der Waals surface area (Å²) in [5, 5.41) is 25.7. The summed E-state index contributed by atoms with van der Waals surface area (Å²) in [6.07, 6.45) is -1.61.